The van der Waals surface area contributed by atoms with E-state index >= 15 is 0 Å². The molecule has 0 saturated carbocycles. The van der Waals surface area contributed by atoms with E-state index in [1.807, 2.05) is 24.4 Å². The molecule has 2 aromatic heterocycles. The van der Waals surface area contributed by atoms with Gasteiger partial charge in [0.1, 0.15) is 10.9 Å². The fourth-order valence-corrected chi connectivity index (χ4v) is 4.05. The van der Waals surface area contributed by atoms with Gasteiger partial charge in [-0.25, -0.2) is 9.78 Å². The molecule has 0 aliphatic carbocycles. The molecule has 1 atom stereocenters. The highest BCUT2D eigenvalue weighted by atomic mass is 32.1. The van der Waals surface area contributed by atoms with Gasteiger partial charge in [-0.1, -0.05) is 45.0 Å². The Kier molecular flexibility index (Phi) is 5.75. The van der Waals surface area contributed by atoms with Crippen molar-refractivity contribution in [3.05, 3.63) is 51.9 Å². The van der Waals surface area contributed by atoms with Gasteiger partial charge < -0.3 is 4.74 Å². The molecule has 0 amide bonds. The third kappa shape index (κ3) is 3.67. The molecule has 2 heterocycles. The Balaban J connectivity index is 2.11. The van der Waals surface area contributed by atoms with Crippen LogP contribution in [0.3, 0.4) is 0 Å². The Hall–Kier alpha value is -2.47. The number of carbonyl (C=O) groups is 1. The lowest BCUT2D eigenvalue weighted by molar-refractivity contribution is -0.147. The van der Waals surface area contributed by atoms with Crippen molar-refractivity contribution in [1.29, 1.82) is 0 Å². The van der Waals surface area contributed by atoms with Crippen LogP contribution in [0.2, 0.25) is 0 Å². The fourth-order valence-electron chi connectivity index (χ4n) is 3.14. The Labute approximate surface area is 162 Å². The summed E-state index contributed by atoms with van der Waals surface area (Å²) in [6.45, 7) is 8.20. The summed E-state index contributed by atoms with van der Waals surface area (Å²) in [5.41, 5.74) is 2.88. The first kappa shape index (κ1) is 19.3. The second-order valence-corrected chi connectivity index (χ2v) is 7.60. The molecule has 3 rings (SSSR count). The number of esters is 1. The number of hydrogen-bond donors (Lipinski definition) is 0. The van der Waals surface area contributed by atoms with E-state index in [-0.39, 0.29) is 12.2 Å². The zero-order chi connectivity index (χ0) is 19.6. The van der Waals surface area contributed by atoms with E-state index in [1.165, 1.54) is 27.8 Å². The van der Waals surface area contributed by atoms with Crippen molar-refractivity contribution in [2.75, 3.05) is 6.61 Å². The lowest BCUT2D eigenvalue weighted by Gasteiger charge is -2.16. The number of aromatic nitrogens is 2. The van der Waals surface area contributed by atoms with Crippen LogP contribution < -0.4 is 5.56 Å². The third-order valence-electron chi connectivity index (χ3n) is 4.69. The summed E-state index contributed by atoms with van der Waals surface area (Å²) in [4.78, 5) is 30.5. The van der Waals surface area contributed by atoms with Crippen molar-refractivity contribution in [3.63, 3.8) is 0 Å². The van der Waals surface area contributed by atoms with Gasteiger partial charge in [-0.15, -0.1) is 11.3 Å². The van der Waals surface area contributed by atoms with E-state index in [0.29, 0.717) is 22.6 Å². The predicted octanol–water partition coefficient (Wildman–Crippen LogP) is 4.76. The zero-order valence-electron chi connectivity index (χ0n) is 16.1. The van der Waals surface area contributed by atoms with Crippen LogP contribution in [0.1, 0.15) is 51.6 Å². The molecule has 3 aromatic rings. The largest absolute Gasteiger partial charge is 0.464 e. The van der Waals surface area contributed by atoms with E-state index < -0.39 is 12.0 Å². The summed E-state index contributed by atoms with van der Waals surface area (Å²) in [6, 6.07) is 7.59. The van der Waals surface area contributed by atoms with Crippen LogP contribution in [-0.2, 0) is 9.53 Å². The predicted molar refractivity (Wildman–Crippen MR) is 109 cm³/mol. The molecule has 1 unspecified atom stereocenters. The third-order valence-corrected chi connectivity index (χ3v) is 5.58. The molecule has 0 saturated heterocycles. The Morgan fingerprint density at radius 3 is 2.52 bits per heavy atom. The van der Waals surface area contributed by atoms with Crippen molar-refractivity contribution in [2.45, 2.75) is 46.1 Å². The van der Waals surface area contributed by atoms with Gasteiger partial charge in [-0.2, -0.15) is 0 Å². The molecule has 142 valence electrons. The van der Waals surface area contributed by atoms with Crippen LogP contribution in [0.15, 0.2) is 40.8 Å². The highest BCUT2D eigenvalue weighted by Crippen LogP contribution is 2.32. The van der Waals surface area contributed by atoms with Gasteiger partial charge in [0.2, 0.25) is 0 Å². The number of ether oxygens (including phenoxy) is 1. The summed E-state index contributed by atoms with van der Waals surface area (Å²) in [6.07, 6.45) is 1.92. The van der Waals surface area contributed by atoms with Gasteiger partial charge in [0.05, 0.1) is 18.3 Å². The topological polar surface area (TPSA) is 61.2 Å². The summed E-state index contributed by atoms with van der Waals surface area (Å²) in [7, 11) is 0. The second-order valence-electron chi connectivity index (χ2n) is 6.74. The molecule has 0 spiro atoms. The highest BCUT2D eigenvalue weighted by molar-refractivity contribution is 7.17. The standard InChI is InChI=1S/C21H24N2O3S/c1-5-17(21(25)26-6-2)23-12-22-19-18(20(23)24)16(11-27-19)15-9-7-14(8-10-15)13(3)4/h7-13,17H,5-6H2,1-4H3. The minimum absolute atomic E-state index is 0.205. The maximum Gasteiger partial charge on any atom is 0.329 e. The number of hydrogen-bond acceptors (Lipinski definition) is 5. The monoisotopic (exact) mass is 384 g/mol. The quantitative estimate of drug-likeness (QED) is 0.575. The average Bonchev–Trinajstić information content (AvgIpc) is 3.09. The maximum atomic E-state index is 13.2. The molecule has 0 N–H and O–H groups in total. The normalized spacial score (nSPS) is 12.5. The smallest absolute Gasteiger partial charge is 0.329 e. The average molecular weight is 385 g/mol. The molecule has 6 heteroatoms. The van der Waals surface area contributed by atoms with Crippen molar-refractivity contribution in [2.24, 2.45) is 0 Å². The Bertz CT molecular complexity index is 1000. The molecule has 27 heavy (non-hydrogen) atoms. The van der Waals surface area contributed by atoms with E-state index in [9.17, 15) is 9.59 Å². The second kappa shape index (κ2) is 8.05. The highest BCUT2D eigenvalue weighted by Gasteiger charge is 2.23. The molecule has 0 aliphatic heterocycles. The molecule has 0 radical (unpaired) electrons. The van der Waals surface area contributed by atoms with Crippen LogP contribution in [0.25, 0.3) is 21.3 Å². The van der Waals surface area contributed by atoms with Crippen molar-refractivity contribution >= 4 is 27.5 Å². The summed E-state index contributed by atoms with van der Waals surface area (Å²) >= 11 is 1.44. The Morgan fingerprint density at radius 2 is 1.93 bits per heavy atom. The minimum atomic E-state index is -0.662. The van der Waals surface area contributed by atoms with Gasteiger partial charge in [-0.05, 0) is 30.4 Å². The van der Waals surface area contributed by atoms with Gasteiger partial charge in [0.25, 0.3) is 5.56 Å². The van der Waals surface area contributed by atoms with Crippen molar-refractivity contribution in [1.82, 2.24) is 9.55 Å². The SMILES string of the molecule is CCOC(=O)C(CC)n1cnc2scc(-c3ccc(C(C)C)cc3)c2c1=O. The number of benzene rings is 1. The lowest BCUT2D eigenvalue weighted by Crippen LogP contribution is -2.31. The molecular weight excluding hydrogens is 360 g/mol. The molecular formula is C21H24N2O3S. The van der Waals surface area contributed by atoms with E-state index in [1.54, 1.807) is 6.92 Å². The minimum Gasteiger partial charge on any atom is -0.464 e. The van der Waals surface area contributed by atoms with Crippen LogP contribution in [0.4, 0.5) is 0 Å². The van der Waals surface area contributed by atoms with E-state index in [2.05, 4.69) is 31.0 Å². The lowest BCUT2D eigenvalue weighted by atomic mass is 9.99. The first-order chi connectivity index (χ1) is 13.0. The summed E-state index contributed by atoms with van der Waals surface area (Å²) in [5.74, 6) is 0.0494. The summed E-state index contributed by atoms with van der Waals surface area (Å²) in [5, 5.41) is 2.52. The van der Waals surface area contributed by atoms with Gasteiger partial charge in [0, 0.05) is 10.9 Å². The van der Waals surface area contributed by atoms with Gasteiger partial charge >= 0.3 is 5.97 Å². The Morgan fingerprint density at radius 1 is 1.22 bits per heavy atom. The molecule has 5 nitrogen and oxygen atoms in total. The first-order valence-electron chi connectivity index (χ1n) is 9.23. The number of carbonyl (C=O) groups excluding carboxylic acids is 1. The molecule has 1 aromatic carbocycles. The number of nitrogens with zero attached hydrogens (tertiary/aromatic N) is 2. The van der Waals surface area contributed by atoms with Crippen LogP contribution in [0, 0.1) is 0 Å². The zero-order valence-corrected chi connectivity index (χ0v) is 16.9. The van der Waals surface area contributed by atoms with Crippen LogP contribution in [-0.4, -0.2) is 22.1 Å². The maximum absolute atomic E-state index is 13.2. The number of rotatable bonds is 6. The van der Waals surface area contributed by atoms with Crippen LogP contribution >= 0.6 is 11.3 Å². The fraction of sp³-hybridized carbons (Fsp3) is 0.381. The van der Waals surface area contributed by atoms with Gasteiger partial charge in [0.15, 0.2) is 0 Å². The van der Waals surface area contributed by atoms with E-state index in [0.717, 1.165) is 11.1 Å². The molecule has 0 fully saturated rings. The van der Waals surface area contributed by atoms with Crippen molar-refractivity contribution < 1.29 is 9.53 Å². The summed E-state index contributed by atoms with van der Waals surface area (Å²) < 4.78 is 6.53. The van der Waals surface area contributed by atoms with Gasteiger partial charge in [-0.3, -0.25) is 9.36 Å². The van der Waals surface area contributed by atoms with Crippen molar-refractivity contribution in [3.8, 4) is 11.1 Å². The van der Waals surface area contributed by atoms with Crippen LogP contribution in [0.5, 0.6) is 0 Å². The molecule has 0 aliphatic rings. The van der Waals surface area contributed by atoms with E-state index in [4.69, 9.17) is 4.74 Å². The first-order valence-corrected chi connectivity index (χ1v) is 10.1. The molecule has 0 bridgehead atoms. The number of fused-ring (bicyclic) bond motifs is 1. The number of thiophene rings is 1.